The van der Waals surface area contributed by atoms with Gasteiger partial charge in [0, 0.05) is 5.75 Å². The van der Waals surface area contributed by atoms with Crippen LogP contribution in [0.1, 0.15) is 43.3 Å². The summed E-state index contributed by atoms with van der Waals surface area (Å²) < 4.78 is 7.75. The first-order valence-electron chi connectivity index (χ1n) is 10.7. The highest BCUT2D eigenvalue weighted by Gasteiger charge is 2.18. The van der Waals surface area contributed by atoms with E-state index in [9.17, 15) is 0 Å². The number of likely N-dealkylation sites (tertiary alicyclic amines) is 1. The highest BCUT2D eigenvalue weighted by Crippen LogP contribution is 2.24. The molecule has 0 N–H and O–H groups in total. The van der Waals surface area contributed by atoms with Crippen LogP contribution in [0.4, 0.5) is 0 Å². The van der Waals surface area contributed by atoms with Crippen molar-refractivity contribution in [1.29, 1.82) is 0 Å². The molecule has 1 saturated heterocycles. The van der Waals surface area contributed by atoms with Gasteiger partial charge < -0.3 is 9.30 Å². The van der Waals surface area contributed by atoms with Gasteiger partial charge in [-0.05, 0) is 50.6 Å². The van der Waals surface area contributed by atoms with E-state index in [1.165, 1.54) is 24.8 Å². The van der Waals surface area contributed by atoms with Crippen molar-refractivity contribution in [2.45, 2.75) is 50.2 Å². The molecule has 7 heteroatoms. The second kappa shape index (κ2) is 10.6. The number of hydrogen-bond acceptors (Lipinski definition) is 6. The van der Waals surface area contributed by atoms with Crippen molar-refractivity contribution >= 4 is 11.8 Å². The molecule has 0 atom stereocenters. The summed E-state index contributed by atoms with van der Waals surface area (Å²) in [7, 11) is 0. The Balaban J connectivity index is 1.49. The smallest absolute Gasteiger partial charge is 0.191 e. The molecule has 158 valence electrons. The molecule has 1 fully saturated rings. The maximum atomic E-state index is 5.48. The number of piperidine rings is 1. The second-order valence-electron chi connectivity index (χ2n) is 7.51. The lowest BCUT2D eigenvalue weighted by molar-refractivity contribution is 0.213. The van der Waals surface area contributed by atoms with Crippen LogP contribution in [-0.2, 0) is 18.8 Å². The molecular formula is C23H29N5OS. The fourth-order valence-electron chi connectivity index (χ4n) is 3.67. The summed E-state index contributed by atoms with van der Waals surface area (Å²) in [6.45, 7) is 6.58. The van der Waals surface area contributed by atoms with Gasteiger partial charge in [0.05, 0.1) is 31.6 Å². The van der Waals surface area contributed by atoms with Crippen molar-refractivity contribution in [2.24, 2.45) is 0 Å². The molecule has 1 aliphatic rings. The summed E-state index contributed by atoms with van der Waals surface area (Å²) in [5.41, 5.74) is 2.27. The molecule has 0 spiro atoms. The topological polar surface area (TPSA) is 56.1 Å². The number of nitrogens with zero attached hydrogens (tertiary/aromatic N) is 5. The summed E-state index contributed by atoms with van der Waals surface area (Å²) in [5, 5.41) is 10.0. The molecule has 1 aliphatic heterocycles. The summed E-state index contributed by atoms with van der Waals surface area (Å²) in [6, 6.07) is 14.5. The van der Waals surface area contributed by atoms with Crippen LogP contribution in [0.15, 0.2) is 53.8 Å². The van der Waals surface area contributed by atoms with Gasteiger partial charge in [-0.25, -0.2) is 0 Å². The molecule has 0 amide bonds. The van der Waals surface area contributed by atoms with Crippen LogP contribution in [0, 0.1) is 0 Å². The van der Waals surface area contributed by atoms with Crippen LogP contribution >= 0.6 is 11.8 Å². The van der Waals surface area contributed by atoms with Crippen LogP contribution in [-0.4, -0.2) is 44.3 Å². The fraction of sp³-hybridized carbons (Fsp3) is 0.435. The zero-order valence-corrected chi connectivity index (χ0v) is 18.4. The van der Waals surface area contributed by atoms with E-state index in [-0.39, 0.29) is 0 Å². The van der Waals surface area contributed by atoms with Crippen molar-refractivity contribution in [3.63, 3.8) is 0 Å². The molecule has 30 heavy (non-hydrogen) atoms. The lowest BCUT2D eigenvalue weighted by Crippen LogP contribution is -2.30. The molecule has 4 rings (SSSR count). The van der Waals surface area contributed by atoms with E-state index in [1.807, 2.05) is 19.1 Å². The molecule has 2 aromatic heterocycles. The minimum absolute atomic E-state index is 0.651. The van der Waals surface area contributed by atoms with E-state index in [1.54, 1.807) is 18.0 Å². The maximum Gasteiger partial charge on any atom is 0.191 e. The molecule has 0 unspecified atom stereocenters. The third kappa shape index (κ3) is 5.61. The van der Waals surface area contributed by atoms with E-state index in [0.717, 1.165) is 54.4 Å². The number of hydrogen-bond donors (Lipinski definition) is 0. The second-order valence-corrected chi connectivity index (χ2v) is 8.46. The Kier molecular flexibility index (Phi) is 7.37. The Labute approximate surface area is 182 Å². The van der Waals surface area contributed by atoms with Gasteiger partial charge in [0.2, 0.25) is 0 Å². The van der Waals surface area contributed by atoms with Gasteiger partial charge in [-0.15, -0.1) is 10.2 Å². The van der Waals surface area contributed by atoms with E-state index >= 15 is 0 Å². The van der Waals surface area contributed by atoms with Crippen molar-refractivity contribution < 1.29 is 4.74 Å². The minimum Gasteiger partial charge on any atom is -0.492 e. The predicted octanol–water partition coefficient (Wildman–Crippen LogP) is 4.40. The van der Waals surface area contributed by atoms with E-state index < -0.39 is 0 Å². The Bertz CT molecular complexity index is 907. The SMILES string of the molecule is CCOc1ccc(CSc2nnc(CN3CCCCC3)n2Cc2ccccc2)nc1. The van der Waals surface area contributed by atoms with Crippen molar-refractivity contribution in [2.75, 3.05) is 19.7 Å². The predicted molar refractivity (Wildman–Crippen MR) is 120 cm³/mol. The van der Waals surface area contributed by atoms with Gasteiger partial charge in [0.1, 0.15) is 11.6 Å². The number of aromatic nitrogens is 4. The van der Waals surface area contributed by atoms with E-state index in [0.29, 0.717) is 6.61 Å². The van der Waals surface area contributed by atoms with Crippen LogP contribution in [0.2, 0.25) is 0 Å². The summed E-state index contributed by atoms with van der Waals surface area (Å²) in [5.74, 6) is 2.61. The zero-order valence-electron chi connectivity index (χ0n) is 17.5. The third-order valence-electron chi connectivity index (χ3n) is 5.25. The molecular weight excluding hydrogens is 394 g/mol. The van der Waals surface area contributed by atoms with Gasteiger partial charge >= 0.3 is 0 Å². The van der Waals surface area contributed by atoms with E-state index in [2.05, 4.69) is 55.0 Å². The normalized spacial score (nSPS) is 14.7. The number of rotatable bonds is 9. The highest BCUT2D eigenvalue weighted by molar-refractivity contribution is 7.98. The van der Waals surface area contributed by atoms with Crippen molar-refractivity contribution in [3.8, 4) is 5.75 Å². The highest BCUT2D eigenvalue weighted by atomic mass is 32.2. The zero-order chi connectivity index (χ0) is 20.6. The van der Waals surface area contributed by atoms with Crippen LogP contribution < -0.4 is 4.74 Å². The fourth-order valence-corrected chi connectivity index (χ4v) is 4.54. The Hall–Kier alpha value is -2.38. The standard InChI is InChI=1S/C23H29N5OS/c1-2-29-21-12-11-20(24-15-21)18-30-23-26-25-22(17-27-13-7-4-8-14-27)28(23)16-19-9-5-3-6-10-19/h3,5-6,9-12,15H,2,4,7-8,13-14,16-18H2,1H3. The van der Waals surface area contributed by atoms with Gasteiger partial charge in [-0.3, -0.25) is 9.88 Å². The first kappa shape index (κ1) is 20.9. The number of benzene rings is 1. The maximum absolute atomic E-state index is 5.48. The third-order valence-corrected chi connectivity index (χ3v) is 6.25. The average molecular weight is 424 g/mol. The van der Waals surface area contributed by atoms with E-state index in [4.69, 9.17) is 4.74 Å². The molecule has 3 aromatic rings. The molecule has 0 radical (unpaired) electrons. The van der Waals surface area contributed by atoms with Crippen molar-refractivity contribution in [3.05, 3.63) is 65.7 Å². The molecule has 0 bridgehead atoms. The quantitative estimate of drug-likeness (QED) is 0.476. The molecule has 6 nitrogen and oxygen atoms in total. The number of thioether (sulfide) groups is 1. The van der Waals surface area contributed by atoms with Crippen LogP contribution in [0.25, 0.3) is 0 Å². The van der Waals surface area contributed by atoms with Gasteiger partial charge in [-0.1, -0.05) is 48.5 Å². The van der Waals surface area contributed by atoms with Gasteiger partial charge in [-0.2, -0.15) is 0 Å². The Morgan fingerprint density at radius 1 is 0.967 bits per heavy atom. The van der Waals surface area contributed by atoms with Crippen molar-refractivity contribution in [1.82, 2.24) is 24.6 Å². The number of ether oxygens (including phenoxy) is 1. The van der Waals surface area contributed by atoms with Crippen LogP contribution in [0.3, 0.4) is 0 Å². The monoisotopic (exact) mass is 423 g/mol. The lowest BCUT2D eigenvalue weighted by Gasteiger charge is -2.26. The summed E-state index contributed by atoms with van der Waals surface area (Å²) in [6.07, 6.45) is 5.68. The first-order valence-corrected chi connectivity index (χ1v) is 11.7. The molecule has 0 aliphatic carbocycles. The first-order chi connectivity index (χ1) is 14.8. The number of pyridine rings is 1. The molecule has 1 aromatic carbocycles. The van der Waals surface area contributed by atoms with Gasteiger partial charge in [0.15, 0.2) is 5.16 Å². The Morgan fingerprint density at radius 2 is 1.80 bits per heavy atom. The summed E-state index contributed by atoms with van der Waals surface area (Å²) >= 11 is 1.69. The molecule has 0 saturated carbocycles. The minimum atomic E-state index is 0.651. The molecule has 3 heterocycles. The summed E-state index contributed by atoms with van der Waals surface area (Å²) in [4.78, 5) is 7.01. The Morgan fingerprint density at radius 3 is 2.53 bits per heavy atom. The van der Waals surface area contributed by atoms with Crippen LogP contribution in [0.5, 0.6) is 5.75 Å². The average Bonchev–Trinajstić information content (AvgIpc) is 3.16. The van der Waals surface area contributed by atoms with Gasteiger partial charge in [0.25, 0.3) is 0 Å². The lowest BCUT2D eigenvalue weighted by atomic mass is 10.1. The largest absolute Gasteiger partial charge is 0.492 e.